The Morgan fingerprint density at radius 1 is 1.18 bits per heavy atom. The zero-order chi connectivity index (χ0) is 26.4. The van der Waals surface area contributed by atoms with Crippen molar-refractivity contribution in [3.63, 3.8) is 0 Å². The quantitative estimate of drug-likeness (QED) is 0.420. The first kappa shape index (κ1) is 24.8. The van der Waals surface area contributed by atoms with Crippen LogP contribution in [0.2, 0.25) is 0 Å². The van der Waals surface area contributed by atoms with Crippen LogP contribution in [0.25, 0.3) is 0 Å². The van der Waals surface area contributed by atoms with E-state index in [-0.39, 0.29) is 31.0 Å². The topological polar surface area (TPSA) is 65.8 Å². The van der Waals surface area contributed by atoms with E-state index in [0.717, 1.165) is 22.5 Å². The molecule has 7 nitrogen and oxygen atoms in total. The zero-order valence-electron chi connectivity index (χ0n) is 21.0. The van der Waals surface area contributed by atoms with Crippen LogP contribution in [0, 0.1) is 0 Å². The smallest absolute Gasteiger partial charge is 0.416 e. The van der Waals surface area contributed by atoms with Gasteiger partial charge in [0.25, 0.3) is 0 Å². The van der Waals surface area contributed by atoms with E-state index >= 15 is 0 Å². The number of alkyl halides is 3. The lowest BCUT2D eigenvalue weighted by Gasteiger charge is -2.29. The lowest BCUT2D eigenvalue weighted by Crippen LogP contribution is -2.34. The lowest BCUT2D eigenvalue weighted by atomic mass is 9.96. The van der Waals surface area contributed by atoms with Gasteiger partial charge in [0.05, 0.1) is 32.2 Å². The van der Waals surface area contributed by atoms with Crippen molar-refractivity contribution in [3.8, 4) is 11.5 Å². The van der Waals surface area contributed by atoms with Crippen molar-refractivity contribution in [2.75, 3.05) is 20.3 Å². The fraction of sp³-hybridized carbons (Fsp3) is 0.429. The molecule has 2 aliphatic heterocycles. The number of methoxy groups -OCH3 is 1. The largest absolute Gasteiger partial charge is 0.492 e. The minimum absolute atomic E-state index is 0.0742. The van der Waals surface area contributed by atoms with E-state index in [9.17, 15) is 18.0 Å². The van der Waals surface area contributed by atoms with Gasteiger partial charge in [-0.05, 0) is 41.7 Å². The van der Waals surface area contributed by atoms with Crippen LogP contribution in [0.5, 0.6) is 11.5 Å². The van der Waals surface area contributed by atoms with E-state index in [0.29, 0.717) is 56.1 Å². The third-order valence-corrected chi connectivity index (χ3v) is 7.77. The summed E-state index contributed by atoms with van der Waals surface area (Å²) in [6, 6.07) is 8.28. The van der Waals surface area contributed by atoms with E-state index in [1.807, 2.05) is 27.8 Å². The Morgan fingerprint density at radius 2 is 2.03 bits per heavy atom. The molecule has 0 saturated carbocycles. The maximum Gasteiger partial charge on any atom is 0.416 e. The second-order valence-corrected chi connectivity index (χ2v) is 10.0. The number of hydrogen-bond donors (Lipinski definition) is 0. The van der Waals surface area contributed by atoms with Crippen LogP contribution in [0.15, 0.2) is 42.7 Å². The maximum atomic E-state index is 14.1. The standard InChI is InChI=1S/C28H28F3N3O4/c1-36-27(35)12-17-16-37-25-13-18(2-3-19(17)25)38-24-7-5-20-21(24)4-6-23(28(29,30)31)22(20)14-33-10-11-34-9-8-32-26(34)15-33/h2-4,6,8-9,13,17,24H,5,7,10-12,14-16H2,1H3/t17?,24-/m1/s1. The number of esters is 1. The van der Waals surface area contributed by atoms with Gasteiger partial charge in [-0.15, -0.1) is 0 Å². The summed E-state index contributed by atoms with van der Waals surface area (Å²) in [5.41, 5.74) is 2.22. The van der Waals surface area contributed by atoms with Gasteiger partial charge in [-0.1, -0.05) is 12.1 Å². The van der Waals surface area contributed by atoms with Crippen LogP contribution in [-0.4, -0.2) is 40.7 Å². The van der Waals surface area contributed by atoms with Gasteiger partial charge in [-0.25, -0.2) is 4.98 Å². The molecule has 3 aromatic rings. The first-order valence-corrected chi connectivity index (χ1v) is 12.7. The molecule has 0 saturated heterocycles. The van der Waals surface area contributed by atoms with Gasteiger partial charge in [-0.3, -0.25) is 9.69 Å². The average molecular weight is 528 g/mol. The molecule has 0 bridgehead atoms. The molecule has 1 unspecified atom stereocenters. The number of aromatic nitrogens is 2. The van der Waals surface area contributed by atoms with Crippen LogP contribution in [0.1, 0.15) is 58.5 Å². The normalized spacial score (nSPS) is 20.4. The first-order valence-electron chi connectivity index (χ1n) is 12.7. The highest BCUT2D eigenvalue weighted by molar-refractivity contribution is 5.71. The molecule has 2 atom stereocenters. The molecule has 3 aliphatic rings. The number of hydrogen-bond acceptors (Lipinski definition) is 6. The number of carbonyl (C=O) groups is 1. The van der Waals surface area contributed by atoms with Crippen molar-refractivity contribution < 1.29 is 32.2 Å². The lowest BCUT2D eigenvalue weighted by molar-refractivity contribution is -0.141. The highest BCUT2D eigenvalue weighted by atomic mass is 19.4. The second kappa shape index (κ2) is 9.65. The summed E-state index contributed by atoms with van der Waals surface area (Å²) >= 11 is 0. The van der Waals surface area contributed by atoms with Crippen molar-refractivity contribution in [1.29, 1.82) is 0 Å². The summed E-state index contributed by atoms with van der Waals surface area (Å²) in [6.07, 6.45) is 0.196. The molecule has 1 aliphatic carbocycles. The number of imidazole rings is 1. The molecule has 200 valence electrons. The fourth-order valence-corrected chi connectivity index (χ4v) is 5.84. The van der Waals surface area contributed by atoms with Gasteiger partial charge in [0.2, 0.25) is 0 Å². The van der Waals surface area contributed by atoms with Crippen molar-refractivity contribution in [3.05, 3.63) is 76.4 Å². The van der Waals surface area contributed by atoms with E-state index < -0.39 is 11.7 Å². The summed E-state index contributed by atoms with van der Waals surface area (Å²) in [5.74, 6) is 1.75. The molecule has 0 spiro atoms. The Bertz CT molecular complexity index is 1370. The number of rotatable bonds is 6. The van der Waals surface area contributed by atoms with Crippen LogP contribution < -0.4 is 9.47 Å². The molecular weight excluding hydrogens is 499 g/mol. The van der Waals surface area contributed by atoms with Crippen molar-refractivity contribution in [2.24, 2.45) is 0 Å². The molecule has 0 N–H and O–H groups in total. The Hall–Kier alpha value is -3.53. The van der Waals surface area contributed by atoms with Crippen molar-refractivity contribution >= 4 is 5.97 Å². The minimum atomic E-state index is -4.43. The molecule has 38 heavy (non-hydrogen) atoms. The molecule has 3 heterocycles. The minimum Gasteiger partial charge on any atom is -0.492 e. The molecule has 6 rings (SSSR count). The Morgan fingerprint density at radius 3 is 2.84 bits per heavy atom. The number of benzene rings is 2. The monoisotopic (exact) mass is 527 g/mol. The first-order chi connectivity index (χ1) is 18.3. The summed E-state index contributed by atoms with van der Waals surface area (Å²) in [6.45, 7) is 2.49. The van der Waals surface area contributed by atoms with Gasteiger partial charge in [0.15, 0.2) is 0 Å². The highest BCUT2D eigenvalue weighted by Gasteiger charge is 2.38. The fourth-order valence-electron chi connectivity index (χ4n) is 5.84. The Kier molecular flexibility index (Phi) is 6.29. The third kappa shape index (κ3) is 4.62. The SMILES string of the molecule is COC(=O)CC1COc2cc(O[C@@H]3CCc4c3ccc(C(F)(F)F)c4CN3CCn4ccnc4C3)ccc21. The average Bonchev–Trinajstić information content (AvgIpc) is 3.62. The summed E-state index contributed by atoms with van der Waals surface area (Å²) in [5, 5.41) is 0. The molecule has 0 radical (unpaired) electrons. The summed E-state index contributed by atoms with van der Waals surface area (Å²) < 4.78 is 61.1. The van der Waals surface area contributed by atoms with Gasteiger partial charge >= 0.3 is 12.1 Å². The van der Waals surface area contributed by atoms with Gasteiger partial charge in [-0.2, -0.15) is 13.2 Å². The number of halogens is 3. The summed E-state index contributed by atoms with van der Waals surface area (Å²) in [7, 11) is 1.36. The maximum absolute atomic E-state index is 14.1. The predicted molar refractivity (Wildman–Crippen MR) is 131 cm³/mol. The number of ether oxygens (including phenoxy) is 3. The number of nitrogens with zero attached hydrogens (tertiary/aromatic N) is 3. The highest BCUT2D eigenvalue weighted by Crippen LogP contribution is 2.44. The molecule has 1 aromatic heterocycles. The van der Waals surface area contributed by atoms with E-state index in [4.69, 9.17) is 14.2 Å². The van der Waals surface area contributed by atoms with Gasteiger partial charge in [0.1, 0.15) is 23.4 Å². The Labute approximate surface area is 218 Å². The van der Waals surface area contributed by atoms with E-state index in [1.165, 1.54) is 13.2 Å². The van der Waals surface area contributed by atoms with E-state index in [1.54, 1.807) is 18.3 Å². The third-order valence-electron chi connectivity index (χ3n) is 7.77. The summed E-state index contributed by atoms with van der Waals surface area (Å²) in [4.78, 5) is 18.1. The molecule has 0 fully saturated rings. The molecule has 2 aromatic carbocycles. The number of carbonyl (C=O) groups excluding carboxylic acids is 1. The van der Waals surface area contributed by atoms with Crippen LogP contribution >= 0.6 is 0 Å². The second-order valence-electron chi connectivity index (χ2n) is 10.0. The number of fused-ring (bicyclic) bond motifs is 3. The van der Waals surface area contributed by atoms with Crippen molar-refractivity contribution in [2.45, 2.75) is 57.1 Å². The molecule has 10 heteroatoms. The van der Waals surface area contributed by atoms with Crippen LogP contribution in [0.4, 0.5) is 13.2 Å². The van der Waals surface area contributed by atoms with Crippen molar-refractivity contribution in [1.82, 2.24) is 14.5 Å². The Balaban J connectivity index is 1.24. The zero-order valence-corrected chi connectivity index (χ0v) is 21.0. The van der Waals surface area contributed by atoms with Gasteiger partial charge in [0, 0.05) is 49.6 Å². The van der Waals surface area contributed by atoms with Gasteiger partial charge < -0.3 is 18.8 Å². The van der Waals surface area contributed by atoms with E-state index in [2.05, 4.69) is 4.98 Å². The predicted octanol–water partition coefficient (Wildman–Crippen LogP) is 5.02. The van der Waals surface area contributed by atoms with Crippen LogP contribution in [0.3, 0.4) is 0 Å². The molecule has 0 amide bonds. The van der Waals surface area contributed by atoms with Crippen LogP contribution in [-0.2, 0) is 41.8 Å². The molecular formula is C28H28F3N3O4.